The Balaban J connectivity index is 1.56. The monoisotopic (exact) mass is 358 g/mol. The van der Waals surface area contributed by atoms with Gasteiger partial charge in [0.15, 0.2) is 11.5 Å². The number of amides is 1. The van der Waals surface area contributed by atoms with Gasteiger partial charge >= 0.3 is 0 Å². The largest absolute Gasteiger partial charge is 0.493 e. The first-order chi connectivity index (χ1) is 12.6. The van der Waals surface area contributed by atoms with E-state index in [1.54, 1.807) is 26.4 Å². The molecule has 0 spiro atoms. The lowest BCUT2D eigenvalue weighted by atomic mass is 9.99. The van der Waals surface area contributed by atoms with Crippen molar-refractivity contribution < 1.29 is 18.7 Å². The number of carbonyl (C=O) groups excluding carboxylic acids is 1. The van der Waals surface area contributed by atoms with Crippen LogP contribution >= 0.6 is 0 Å². The van der Waals surface area contributed by atoms with Crippen LogP contribution in [0.4, 0.5) is 4.39 Å². The molecule has 2 aromatic carbocycles. The summed E-state index contributed by atoms with van der Waals surface area (Å²) in [5, 5.41) is 2.88. The number of hydrogen-bond donors (Lipinski definition) is 1. The van der Waals surface area contributed by atoms with Crippen LogP contribution in [-0.2, 0) is 24.3 Å². The molecule has 1 heterocycles. The third-order valence-corrected chi connectivity index (χ3v) is 4.57. The fourth-order valence-electron chi connectivity index (χ4n) is 3.14. The Morgan fingerprint density at radius 1 is 1.12 bits per heavy atom. The summed E-state index contributed by atoms with van der Waals surface area (Å²) >= 11 is 0. The van der Waals surface area contributed by atoms with Gasteiger partial charge in [0.05, 0.1) is 20.8 Å². The molecule has 1 N–H and O–H groups in total. The predicted octanol–water partition coefficient (Wildman–Crippen LogP) is 2.52. The van der Waals surface area contributed by atoms with Gasteiger partial charge in [-0.2, -0.15) is 0 Å². The molecule has 3 rings (SSSR count). The zero-order chi connectivity index (χ0) is 18.5. The van der Waals surface area contributed by atoms with Crippen molar-refractivity contribution in [2.24, 2.45) is 0 Å². The maximum absolute atomic E-state index is 12.9. The molecule has 6 heteroatoms. The van der Waals surface area contributed by atoms with Crippen molar-refractivity contribution >= 4 is 5.91 Å². The summed E-state index contributed by atoms with van der Waals surface area (Å²) in [7, 11) is 3.25. The fraction of sp³-hybridized carbons (Fsp3) is 0.350. The van der Waals surface area contributed by atoms with E-state index >= 15 is 0 Å². The Morgan fingerprint density at radius 3 is 2.42 bits per heavy atom. The molecule has 0 fully saturated rings. The van der Waals surface area contributed by atoms with Gasteiger partial charge in [0.1, 0.15) is 5.82 Å². The van der Waals surface area contributed by atoms with Crippen LogP contribution in [0.25, 0.3) is 0 Å². The number of ether oxygens (including phenoxy) is 2. The molecular weight excluding hydrogens is 335 g/mol. The van der Waals surface area contributed by atoms with Crippen molar-refractivity contribution in [3.05, 3.63) is 58.9 Å². The van der Waals surface area contributed by atoms with Gasteiger partial charge in [0, 0.05) is 19.6 Å². The molecule has 0 saturated carbocycles. The zero-order valence-electron chi connectivity index (χ0n) is 15.0. The van der Waals surface area contributed by atoms with Gasteiger partial charge in [-0.15, -0.1) is 0 Å². The first-order valence-electron chi connectivity index (χ1n) is 8.56. The van der Waals surface area contributed by atoms with Crippen LogP contribution in [0, 0.1) is 5.82 Å². The Labute approximate surface area is 152 Å². The van der Waals surface area contributed by atoms with Crippen LogP contribution in [0.5, 0.6) is 11.5 Å². The zero-order valence-corrected chi connectivity index (χ0v) is 15.0. The minimum absolute atomic E-state index is 0.0433. The number of nitrogens with one attached hydrogen (secondary N) is 1. The second-order valence-electron chi connectivity index (χ2n) is 6.34. The lowest BCUT2D eigenvalue weighted by Crippen LogP contribution is -2.39. The highest BCUT2D eigenvalue weighted by Gasteiger charge is 2.21. The topological polar surface area (TPSA) is 50.8 Å². The van der Waals surface area contributed by atoms with Crippen molar-refractivity contribution in [1.82, 2.24) is 10.2 Å². The summed E-state index contributed by atoms with van der Waals surface area (Å²) in [5.41, 5.74) is 3.26. The third kappa shape index (κ3) is 4.32. The van der Waals surface area contributed by atoms with Gasteiger partial charge in [-0.3, -0.25) is 9.69 Å². The molecule has 1 aliphatic rings. The van der Waals surface area contributed by atoms with Crippen LogP contribution in [-0.4, -0.2) is 38.1 Å². The molecule has 5 nitrogen and oxygen atoms in total. The summed E-state index contributed by atoms with van der Waals surface area (Å²) in [4.78, 5) is 14.3. The van der Waals surface area contributed by atoms with Crippen LogP contribution in [0.1, 0.15) is 16.7 Å². The van der Waals surface area contributed by atoms with Crippen LogP contribution in [0.15, 0.2) is 36.4 Å². The van der Waals surface area contributed by atoms with E-state index in [-0.39, 0.29) is 11.7 Å². The molecule has 0 bridgehead atoms. The lowest BCUT2D eigenvalue weighted by Gasteiger charge is -2.29. The average Bonchev–Trinajstić information content (AvgIpc) is 2.66. The van der Waals surface area contributed by atoms with Gasteiger partial charge in [-0.1, -0.05) is 12.1 Å². The van der Waals surface area contributed by atoms with Crippen LogP contribution in [0.2, 0.25) is 0 Å². The van der Waals surface area contributed by atoms with Gasteiger partial charge < -0.3 is 14.8 Å². The van der Waals surface area contributed by atoms with Crippen molar-refractivity contribution in [3.63, 3.8) is 0 Å². The molecule has 2 aromatic rings. The molecule has 0 unspecified atom stereocenters. The molecule has 0 aromatic heterocycles. The van der Waals surface area contributed by atoms with E-state index < -0.39 is 0 Å². The Bertz CT molecular complexity index is 777. The maximum Gasteiger partial charge on any atom is 0.234 e. The van der Waals surface area contributed by atoms with Crippen molar-refractivity contribution in [1.29, 1.82) is 0 Å². The first kappa shape index (κ1) is 18.2. The number of carbonyl (C=O) groups is 1. The smallest absolute Gasteiger partial charge is 0.234 e. The summed E-state index contributed by atoms with van der Waals surface area (Å²) in [6.07, 6.45) is 0.862. The second-order valence-corrected chi connectivity index (χ2v) is 6.34. The Kier molecular flexibility index (Phi) is 5.73. The lowest BCUT2D eigenvalue weighted by molar-refractivity contribution is -0.122. The van der Waals surface area contributed by atoms with Crippen molar-refractivity contribution in [2.45, 2.75) is 19.5 Å². The highest BCUT2D eigenvalue weighted by Crippen LogP contribution is 2.33. The average molecular weight is 358 g/mol. The summed E-state index contributed by atoms with van der Waals surface area (Å²) in [5.74, 6) is 1.11. The van der Waals surface area contributed by atoms with E-state index in [2.05, 4.69) is 10.2 Å². The standard InChI is InChI=1S/C20H23FN2O3/c1-25-18-9-15-7-8-23(12-16(15)10-19(18)26-2)13-20(24)22-11-14-3-5-17(21)6-4-14/h3-6,9-10H,7-8,11-13H2,1-2H3,(H,22,24). The van der Waals surface area contributed by atoms with Gasteiger partial charge in [-0.05, 0) is 47.4 Å². The normalized spacial score (nSPS) is 13.8. The first-order valence-corrected chi connectivity index (χ1v) is 8.56. The molecule has 0 saturated heterocycles. The summed E-state index contributed by atoms with van der Waals surface area (Å²) < 4.78 is 23.6. The van der Waals surface area contributed by atoms with E-state index in [9.17, 15) is 9.18 Å². The SMILES string of the molecule is COc1cc2c(cc1OC)CN(CC(=O)NCc1ccc(F)cc1)CC2. The van der Waals surface area contributed by atoms with Crippen LogP contribution < -0.4 is 14.8 Å². The van der Waals surface area contributed by atoms with Crippen molar-refractivity contribution in [3.8, 4) is 11.5 Å². The number of halogens is 1. The minimum Gasteiger partial charge on any atom is -0.493 e. The second kappa shape index (κ2) is 8.19. The molecule has 1 amide bonds. The number of hydrogen-bond acceptors (Lipinski definition) is 4. The number of fused-ring (bicyclic) bond motifs is 1. The molecule has 1 aliphatic heterocycles. The molecule has 0 atom stereocenters. The van der Waals surface area contributed by atoms with Crippen LogP contribution in [0.3, 0.4) is 0 Å². The van der Waals surface area contributed by atoms with E-state index in [0.29, 0.717) is 25.4 Å². The minimum atomic E-state index is -0.279. The van der Waals surface area contributed by atoms with Crippen molar-refractivity contribution in [2.75, 3.05) is 27.3 Å². The Hall–Kier alpha value is -2.60. The molecule has 26 heavy (non-hydrogen) atoms. The van der Waals surface area contributed by atoms with E-state index in [1.165, 1.54) is 17.7 Å². The highest BCUT2D eigenvalue weighted by atomic mass is 19.1. The fourth-order valence-corrected chi connectivity index (χ4v) is 3.14. The quantitative estimate of drug-likeness (QED) is 0.862. The van der Waals surface area contributed by atoms with E-state index in [0.717, 1.165) is 29.8 Å². The van der Waals surface area contributed by atoms with E-state index in [1.807, 2.05) is 12.1 Å². The van der Waals surface area contributed by atoms with Gasteiger partial charge in [-0.25, -0.2) is 4.39 Å². The van der Waals surface area contributed by atoms with Gasteiger partial charge in [0.2, 0.25) is 5.91 Å². The number of methoxy groups -OCH3 is 2. The Morgan fingerprint density at radius 2 is 1.77 bits per heavy atom. The van der Waals surface area contributed by atoms with Gasteiger partial charge in [0.25, 0.3) is 0 Å². The number of nitrogens with zero attached hydrogens (tertiary/aromatic N) is 1. The number of benzene rings is 2. The molecule has 0 aliphatic carbocycles. The highest BCUT2D eigenvalue weighted by molar-refractivity contribution is 5.78. The molecular formula is C20H23FN2O3. The van der Waals surface area contributed by atoms with E-state index in [4.69, 9.17) is 9.47 Å². The maximum atomic E-state index is 12.9. The molecule has 0 radical (unpaired) electrons. The predicted molar refractivity (Wildman–Crippen MR) is 96.8 cm³/mol. The summed E-state index contributed by atoms with van der Waals surface area (Å²) in [6.45, 7) is 2.23. The summed E-state index contributed by atoms with van der Waals surface area (Å²) in [6, 6.07) is 10.1. The number of rotatable bonds is 6. The third-order valence-electron chi connectivity index (χ3n) is 4.57. The molecule has 138 valence electrons.